The molecule has 0 amide bonds. The van der Waals surface area contributed by atoms with Crippen LogP contribution in [0.3, 0.4) is 0 Å². The van der Waals surface area contributed by atoms with Crippen LogP contribution in [0.4, 0.5) is 24.8 Å². The number of nitrogens with two attached hydrogens (primary N) is 1. The van der Waals surface area contributed by atoms with E-state index in [4.69, 9.17) is 5.73 Å². The lowest BCUT2D eigenvalue weighted by Gasteiger charge is -2.18. The zero-order valence-corrected chi connectivity index (χ0v) is 10.3. The van der Waals surface area contributed by atoms with E-state index >= 15 is 0 Å². The summed E-state index contributed by atoms with van der Waals surface area (Å²) in [6, 6.07) is 1.60. The second-order valence-electron chi connectivity index (χ2n) is 4.71. The molecular formula is C11H16F3N5. The normalized spacial score (nSPS) is 20.7. The van der Waals surface area contributed by atoms with Gasteiger partial charge in [0.15, 0.2) is 0 Å². The molecular weight excluding hydrogens is 259 g/mol. The van der Waals surface area contributed by atoms with Crippen LogP contribution >= 0.6 is 0 Å². The van der Waals surface area contributed by atoms with E-state index in [2.05, 4.69) is 15.3 Å². The Morgan fingerprint density at radius 1 is 1.42 bits per heavy atom. The number of halogens is 3. The summed E-state index contributed by atoms with van der Waals surface area (Å²) in [6.07, 6.45) is -2.02. The maximum Gasteiger partial charge on any atom is 0.401 e. The first-order chi connectivity index (χ1) is 8.92. The van der Waals surface area contributed by atoms with E-state index < -0.39 is 12.7 Å². The minimum absolute atomic E-state index is 0.193. The summed E-state index contributed by atoms with van der Waals surface area (Å²) in [5, 5.41) is 3.07. The molecule has 19 heavy (non-hydrogen) atoms. The SMILES string of the molecule is Nc1cc(NCC2CCN(CC(F)(F)F)C2)ncn1. The second-order valence-corrected chi connectivity index (χ2v) is 4.71. The monoisotopic (exact) mass is 275 g/mol. The predicted molar refractivity (Wildman–Crippen MR) is 65.5 cm³/mol. The second kappa shape index (κ2) is 5.60. The maximum atomic E-state index is 12.2. The fourth-order valence-corrected chi connectivity index (χ4v) is 2.19. The number of nitrogens with one attached hydrogen (secondary N) is 1. The van der Waals surface area contributed by atoms with Crippen molar-refractivity contribution in [1.82, 2.24) is 14.9 Å². The van der Waals surface area contributed by atoms with Crippen LogP contribution in [0.1, 0.15) is 6.42 Å². The summed E-state index contributed by atoms with van der Waals surface area (Å²) >= 11 is 0. The Labute approximate surface area is 109 Å². The summed E-state index contributed by atoms with van der Waals surface area (Å²) in [5.41, 5.74) is 5.51. The Hall–Kier alpha value is -1.57. The molecule has 1 aliphatic rings. The first-order valence-corrected chi connectivity index (χ1v) is 6.03. The van der Waals surface area contributed by atoms with Crippen molar-refractivity contribution in [2.75, 3.05) is 37.2 Å². The average Bonchev–Trinajstić information content (AvgIpc) is 2.72. The van der Waals surface area contributed by atoms with E-state index in [0.717, 1.165) is 6.42 Å². The van der Waals surface area contributed by atoms with Crippen molar-refractivity contribution in [2.45, 2.75) is 12.6 Å². The number of aromatic nitrogens is 2. The van der Waals surface area contributed by atoms with Crippen LogP contribution in [0.2, 0.25) is 0 Å². The van der Waals surface area contributed by atoms with Gasteiger partial charge in [-0.05, 0) is 18.9 Å². The number of anilines is 2. The highest BCUT2D eigenvalue weighted by Crippen LogP contribution is 2.22. The van der Waals surface area contributed by atoms with Gasteiger partial charge in [0.05, 0.1) is 6.54 Å². The van der Waals surface area contributed by atoms with Gasteiger partial charge in [-0.25, -0.2) is 9.97 Å². The number of hydrogen-bond donors (Lipinski definition) is 2. The topological polar surface area (TPSA) is 67.1 Å². The van der Waals surface area contributed by atoms with Gasteiger partial charge in [0.2, 0.25) is 0 Å². The Morgan fingerprint density at radius 2 is 2.21 bits per heavy atom. The molecule has 1 aromatic rings. The molecule has 3 N–H and O–H groups in total. The van der Waals surface area contributed by atoms with Crippen molar-refractivity contribution in [3.63, 3.8) is 0 Å². The number of nitrogen functional groups attached to an aromatic ring is 1. The van der Waals surface area contributed by atoms with Gasteiger partial charge in [-0.15, -0.1) is 0 Å². The lowest BCUT2D eigenvalue weighted by Crippen LogP contribution is -2.33. The molecule has 0 radical (unpaired) electrons. The first-order valence-electron chi connectivity index (χ1n) is 6.03. The van der Waals surface area contributed by atoms with Gasteiger partial charge in [-0.3, -0.25) is 4.90 Å². The number of likely N-dealkylation sites (tertiary alicyclic amines) is 1. The van der Waals surface area contributed by atoms with Gasteiger partial charge >= 0.3 is 6.18 Å². The van der Waals surface area contributed by atoms with Crippen LogP contribution in [0, 0.1) is 5.92 Å². The first kappa shape index (κ1) is 13.9. The minimum Gasteiger partial charge on any atom is -0.384 e. The van der Waals surface area contributed by atoms with Gasteiger partial charge in [0.1, 0.15) is 18.0 Å². The Bertz CT molecular complexity index is 423. The molecule has 1 aliphatic heterocycles. The summed E-state index contributed by atoms with van der Waals surface area (Å²) in [5.74, 6) is 1.16. The van der Waals surface area contributed by atoms with E-state index in [1.807, 2.05) is 0 Å². The van der Waals surface area contributed by atoms with E-state index in [0.29, 0.717) is 31.3 Å². The molecule has 106 valence electrons. The molecule has 2 heterocycles. The highest BCUT2D eigenvalue weighted by atomic mass is 19.4. The van der Waals surface area contributed by atoms with Gasteiger partial charge in [-0.1, -0.05) is 0 Å². The molecule has 1 fully saturated rings. The third-order valence-corrected chi connectivity index (χ3v) is 3.03. The van der Waals surface area contributed by atoms with Crippen LogP contribution in [0.5, 0.6) is 0 Å². The summed E-state index contributed by atoms with van der Waals surface area (Å²) in [4.78, 5) is 9.18. The molecule has 0 bridgehead atoms. The molecule has 1 aromatic heterocycles. The standard InChI is InChI=1S/C11H16F3N5/c12-11(13,14)6-19-2-1-8(5-19)4-16-10-3-9(15)17-7-18-10/h3,7-8H,1-2,4-6H2,(H3,15,16,17,18). The van der Waals surface area contributed by atoms with Gasteiger partial charge in [-0.2, -0.15) is 13.2 Å². The zero-order chi connectivity index (χ0) is 13.9. The maximum absolute atomic E-state index is 12.2. The van der Waals surface area contributed by atoms with Crippen molar-refractivity contribution < 1.29 is 13.2 Å². The van der Waals surface area contributed by atoms with Crippen LogP contribution in [0.15, 0.2) is 12.4 Å². The predicted octanol–water partition coefficient (Wildman–Crippen LogP) is 1.35. The molecule has 2 rings (SSSR count). The third kappa shape index (κ3) is 4.55. The average molecular weight is 275 g/mol. The molecule has 8 heteroatoms. The van der Waals surface area contributed by atoms with E-state index in [1.165, 1.54) is 11.2 Å². The van der Waals surface area contributed by atoms with E-state index in [-0.39, 0.29) is 5.92 Å². The smallest absolute Gasteiger partial charge is 0.384 e. The van der Waals surface area contributed by atoms with Crippen molar-refractivity contribution in [1.29, 1.82) is 0 Å². The highest BCUT2D eigenvalue weighted by molar-refractivity contribution is 5.43. The Balaban J connectivity index is 1.76. The quantitative estimate of drug-likeness (QED) is 0.868. The zero-order valence-electron chi connectivity index (χ0n) is 10.3. The molecule has 0 aliphatic carbocycles. The van der Waals surface area contributed by atoms with Crippen LogP contribution in [-0.2, 0) is 0 Å². The van der Waals surface area contributed by atoms with Crippen LogP contribution in [0.25, 0.3) is 0 Å². The van der Waals surface area contributed by atoms with Crippen LogP contribution in [-0.4, -0.2) is 47.2 Å². The third-order valence-electron chi connectivity index (χ3n) is 3.03. The fraction of sp³-hybridized carbons (Fsp3) is 0.636. The van der Waals surface area contributed by atoms with Gasteiger partial charge in [0.25, 0.3) is 0 Å². The molecule has 0 saturated carbocycles. The van der Waals surface area contributed by atoms with Crippen molar-refractivity contribution >= 4 is 11.6 Å². The molecule has 5 nitrogen and oxygen atoms in total. The van der Waals surface area contributed by atoms with Crippen molar-refractivity contribution in [2.24, 2.45) is 5.92 Å². The van der Waals surface area contributed by atoms with Crippen molar-refractivity contribution in [3.8, 4) is 0 Å². The highest BCUT2D eigenvalue weighted by Gasteiger charge is 2.34. The minimum atomic E-state index is -4.12. The van der Waals surface area contributed by atoms with Crippen molar-refractivity contribution in [3.05, 3.63) is 12.4 Å². The summed E-state index contributed by atoms with van der Waals surface area (Å²) < 4.78 is 36.7. The Morgan fingerprint density at radius 3 is 2.89 bits per heavy atom. The summed E-state index contributed by atoms with van der Waals surface area (Å²) in [6.45, 7) is 0.694. The Kier molecular flexibility index (Phi) is 4.08. The molecule has 0 aromatic carbocycles. The van der Waals surface area contributed by atoms with Gasteiger partial charge < -0.3 is 11.1 Å². The number of nitrogens with zero attached hydrogens (tertiary/aromatic N) is 3. The molecule has 1 saturated heterocycles. The number of alkyl halides is 3. The lowest BCUT2D eigenvalue weighted by molar-refractivity contribution is -0.143. The van der Waals surface area contributed by atoms with E-state index in [1.54, 1.807) is 6.07 Å². The van der Waals surface area contributed by atoms with E-state index in [9.17, 15) is 13.2 Å². The largest absolute Gasteiger partial charge is 0.401 e. The molecule has 1 unspecified atom stereocenters. The molecule has 0 spiro atoms. The number of hydrogen-bond acceptors (Lipinski definition) is 5. The van der Waals surface area contributed by atoms with Gasteiger partial charge in [0, 0.05) is 19.2 Å². The number of rotatable bonds is 4. The lowest BCUT2D eigenvalue weighted by atomic mass is 10.1. The van der Waals surface area contributed by atoms with Crippen LogP contribution < -0.4 is 11.1 Å². The molecule has 1 atom stereocenters. The summed E-state index contributed by atoms with van der Waals surface area (Å²) in [7, 11) is 0. The fourth-order valence-electron chi connectivity index (χ4n) is 2.19.